The molecule has 2 rings (SSSR count). The second-order valence-corrected chi connectivity index (χ2v) is 7.67. The maximum Gasteiger partial charge on any atom is 0.241 e. The van der Waals surface area contributed by atoms with E-state index in [4.69, 9.17) is 0 Å². The van der Waals surface area contributed by atoms with Gasteiger partial charge in [-0.2, -0.15) is 0 Å². The molecule has 0 radical (unpaired) electrons. The van der Waals surface area contributed by atoms with Gasteiger partial charge in [-0.1, -0.05) is 13.0 Å². The monoisotopic (exact) mass is 346 g/mol. The summed E-state index contributed by atoms with van der Waals surface area (Å²) >= 11 is 3.33. The molecule has 106 valence electrons. The van der Waals surface area contributed by atoms with Crippen molar-refractivity contribution in [3.8, 4) is 0 Å². The lowest BCUT2D eigenvalue weighted by atomic mass is 9.96. The lowest BCUT2D eigenvalue weighted by Gasteiger charge is -2.30. The van der Waals surface area contributed by atoms with E-state index >= 15 is 0 Å². The van der Waals surface area contributed by atoms with Gasteiger partial charge in [0.15, 0.2) is 0 Å². The van der Waals surface area contributed by atoms with Crippen LogP contribution in [0.5, 0.6) is 0 Å². The summed E-state index contributed by atoms with van der Waals surface area (Å²) in [6.45, 7) is 5.65. The molecule has 0 aromatic heterocycles. The summed E-state index contributed by atoms with van der Waals surface area (Å²) in [4.78, 5) is 0.302. The summed E-state index contributed by atoms with van der Waals surface area (Å²) in [7, 11) is -3.48. The number of sulfonamides is 1. The Morgan fingerprint density at radius 3 is 2.79 bits per heavy atom. The molecule has 1 saturated heterocycles. The van der Waals surface area contributed by atoms with Gasteiger partial charge in [0.1, 0.15) is 0 Å². The summed E-state index contributed by atoms with van der Waals surface area (Å²) in [6.07, 6.45) is 0.988. The van der Waals surface area contributed by atoms with E-state index in [0.717, 1.165) is 18.5 Å². The Hall–Kier alpha value is -0.430. The van der Waals surface area contributed by atoms with Crippen LogP contribution < -0.4 is 10.0 Å². The number of hydrogen-bond acceptors (Lipinski definition) is 3. The number of nitrogens with one attached hydrogen (secondary N) is 2. The van der Waals surface area contributed by atoms with Gasteiger partial charge >= 0.3 is 0 Å². The van der Waals surface area contributed by atoms with Gasteiger partial charge in [0, 0.05) is 17.1 Å². The Morgan fingerprint density at radius 2 is 2.16 bits per heavy atom. The van der Waals surface area contributed by atoms with E-state index in [0.29, 0.717) is 21.8 Å². The molecule has 6 heteroatoms. The van der Waals surface area contributed by atoms with Crippen LogP contribution in [0.3, 0.4) is 0 Å². The van der Waals surface area contributed by atoms with Crippen LogP contribution in [-0.4, -0.2) is 27.5 Å². The minimum atomic E-state index is -3.48. The normalized spacial score (nSPS) is 24.4. The number of aryl methyl sites for hydroxylation is 1. The lowest BCUT2D eigenvalue weighted by molar-refractivity contribution is 0.327. The van der Waals surface area contributed by atoms with Gasteiger partial charge in [-0.05, 0) is 59.4 Å². The second-order valence-electron chi connectivity index (χ2n) is 5.13. The molecule has 0 aliphatic carbocycles. The summed E-state index contributed by atoms with van der Waals surface area (Å²) in [5, 5.41) is 3.22. The van der Waals surface area contributed by atoms with Crippen LogP contribution >= 0.6 is 15.9 Å². The van der Waals surface area contributed by atoms with Crippen LogP contribution in [0.1, 0.15) is 18.9 Å². The molecule has 1 fully saturated rings. The lowest BCUT2D eigenvalue weighted by Crippen LogP contribution is -2.50. The minimum absolute atomic E-state index is 0.0491. The third-order valence-corrected chi connectivity index (χ3v) is 5.98. The number of rotatable bonds is 3. The fraction of sp³-hybridized carbons (Fsp3) is 0.538. The molecule has 1 heterocycles. The first-order chi connectivity index (χ1) is 8.90. The van der Waals surface area contributed by atoms with Crippen molar-refractivity contribution in [2.45, 2.75) is 31.2 Å². The zero-order valence-electron chi connectivity index (χ0n) is 11.1. The molecule has 0 spiro atoms. The van der Waals surface area contributed by atoms with Gasteiger partial charge < -0.3 is 5.32 Å². The van der Waals surface area contributed by atoms with Crippen molar-refractivity contribution in [3.05, 3.63) is 28.2 Å². The average molecular weight is 347 g/mol. The molecule has 1 aromatic carbocycles. The molecule has 2 unspecified atom stereocenters. The molecular formula is C13H19BrN2O2S. The van der Waals surface area contributed by atoms with Crippen molar-refractivity contribution in [2.24, 2.45) is 5.92 Å². The van der Waals surface area contributed by atoms with Crippen molar-refractivity contribution >= 4 is 26.0 Å². The first kappa shape index (κ1) is 15.0. The van der Waals surface area contributed by atoms with Crippen LogP contribution in [0.15, 0.2) is 27.6 Å². The number of benzene rings is 1. The fourth-order valence-electron chi connectivity index (χ4n) is 2.23. The Bertz CT molecular complexity index is 560. The molecular weight excluding hydrogens is 328 g/mol. The zero-order valence-corrected chi connectivity index (χ0v) is 13.5. The predicted octanol–water partition coefficient (Wildman–Crippen LogP) is 2.03. The topological polar surface area (TPSA) is 58.2 Å². The van der Waals surface area contributed by atoms with Crippen LogP contribution in [0.4, 0.5) is 0 Å². The number of halogens is 1. The second kappa shape index (κ2) is 5.91. The first-order valence-electron chi connectivity index (χ1n) is 6.39. The highest BCUT2D eigenvalue weighted by Crippen LogP contribution is 2.24. The summed E-state index contributed by atoms with van der Waals surface area (Å²) in [5.41, 5.74) is 1.03. The Labute approximate surface area is 123 Å². The van der Waals surface area contributed by atoms with Crippen LogP contribution in [0.25, 0.3) is 0 Å². The van der Waals surface area contributed by atoms with Crippen molar-refractivity contribution < 1.29 is 8.42 Å². The molecule has 2 atom stereocenters. The molecule has 1 aromatic rings. The van der Waals surface area contributed by atoms with E-state index in [-0.39, 0.29) is 6.04 Å². The average Bonchev–Trinajstić information content (AvgIpc) is 2.31. The molecule has 2 N–H and O–H groups in total. The maximum atomic E-state index is 12.4. The maximum absolute atomic E-state index is 12.4. The van der Waals surface area contributed by atoms with E-state index in [1.807, 2.05) is 19.1 Å². The fourth-order valence-corrected chi connectivity index (χ4v) is 4.77. The molecule has 0 bridgehead atoms. The third kappa shape index (κ3) is 3.56. The molecule has 0 amide bonds. The molecule has 19 heavy (non-hydrogen) atoms. The summed E-state index contributed by atoms with van der Waals surface area (Å²) < 4.78 is 28.2. The van der Waals surface area contributed by atoms with Gasteiger partial charge in [-0.3, -0.25) is 0 Å². The van der Waals surface area contributed by atoms with Gasteiger partial charge in [0.25, 0.3) is 0 Å². The van der Waals surface area contributed by atoms with Crippen LogP contribution in [0.2, 0.25) is 0 Å². The highest BCUT2D eigenvalue weighted by atomic mass is 79.9. The molecule has 4 nitrogen and oxygen atoms in total. The minimum Gasteiger partial charge on any atom is -0.315 e. The predicted molar refractivity (Wildman–Crippen MR) is 79.6 cm³/mol. The van der Waals surface area contributed by atoms with Gasteiger partial charge in [-0.15, -0.1) is 0 Å². The van der Waals surface area contributed by atoms with E-state index in [1.165, 1.54) is 0 Å². The van der Waals surface area contributed by atoms with Gasteiger partial charge in [0.2, 0.25) is 10.0 Å². The van der Waals surface area contributed by atoms with Gasteiger partial charge in [0.05, 0.1) is 4.90 Å². The van der Waals surface area contributed by atoms with Crippen molar-refractivity contribution in [3.63, 3.8) is 0 Å². The molecule has 1 aliphatic heterocycles. The number of hydrogen-bond donors (Lipinski definition) is 2. The Balaban J connectivity index is 2.22. The summed E-state index contributed by atoms with van der Waals surface area (Å²) in [5.74, 6) is 0.347. The summed E-state index contributed by atoms with van der Waals surface area (Å²) in [6, 6.07) is 5.22. The standard InChI is InChI=1S/C13H19BrN2O2S/c1-9-3-4-13(11(14)7-9)19(17,18)16-12-8-15-6-5-10(12)2/h3-4,7,10,12,15-16H,5-6,8H2,1-2H3. The van der Waals surface area contributed by atoms with Crippen LogP contribution in [-0.2, 0) is 10.0 Å². The van der Waals surface area contributed by atoms with E-state index in [2.05, 4.69) is 32.9 Å². The third-order valence-electron chi connectivity index (χ3n) is 3.51. The van der Waals surface area contributed by atoms with Crippen molar-refractivity contribution in [1.82, 2.24) is 10.0 Å². The van der Waals surface area contributed by atoms with Crippen molar-refractivity contribution in [2.75, 3.05) is 13.1 Å². The Kier molecular flexibility index (Phi) is 4.66. The zero-order chi connectivity index (χ0) is 14.0. The molecule has 1 aliphatic rings. The van der Waals surface area contributed by atoms with E-state index in [9.17, 15) is 8.42 Å². The largest absolute Gasteiger partial charge is 0.315 e. The van der Waals surface area contributed by atoms with Crippen molar-refractivity contribution in [1.29, 1.82) is 0 Å². The first-order valence-corrected chi connectivity index (χ1v) is 8.67. The number of piperidine rings is 1. The quantitative estimate of drug-likeness (QED) is 0.880. The smallest absolute Gasteiger partial charge is 0.241 e. The molecule has 0 saturated carbocycles. The van der Waals surface area contributed by atoms with E-state index < -0.39 is 10.0 Å². The SMILES string of the molecule is Cc1ccc(S(=O)(=O)NC2CNCCC2C)c(Br)c1. The highest BCUT2D eigenvalue weighted by Gasteiger charge is 2.27. The van der Waals surface area contributed by atoms with Gasteiger partial charge in [-0.25, -0.2) is 13.1 Å². The van der Waals surface area contributed by atoms with Crippen LogP contribution in [0, 0.1) is 12.8 Å². The van der Waals surface area contributed by atoms with E-state index in [1.54, 1.807) is 6.07 Å². The Morgan fingerprint density at radius 1 is 1.42 bits per heavy atom. The highest BCUT2D eigenvalue weighted by molar-refractivity contribution is 9.10.